The summed E-state index contributed by atoms with van der Waals surface area (Å²) in [7, 11) is 0. The maximum Gasteiger partial charge on any atom is 0.307 e. The number of aryl methyl sites for hydroxylation is 1. The van der Waals surface area contributed by atoms with Crippen molar-refractivity contribution in [1.82, 2.24) is 0 Å². The largest absolute Gasteiger partial charge is 0.481 e. The Labute approximate surface area is 94.1 Å². The average Bonchev–Trinajstić information content (AvgIpc) is 2.69. The fourth-order valence-corrected chi connectivity index (χ4v) is 2.68. The number of halogens is 1. The van der Waals surface area contributed by atoms with Crippen LogP contribution in [0.25, 0.3) is 0 Å². The molecule has 0 heterocycles. The Morgan fingerprint density at radius 2 is 2.06 bits per heavy atom. The summed E-state index contributed by atoms with van der Waals surface area (Å²) >= 11 is 0. The molecule has 86 valence electrons. The first-order valence-electron chi connectivity index (χ1n) is 5.35. The summed E-state index contributed by atoms with van der Waals surface area (Å²) < 4.78 is 13.7. The van der Waals surface area contributed by atoms with E-state index in [1.54, 1.807) is 6.07 Å². The molecule has 2 rings (SSSR count). The molecule has 1 fully saturated rings. The smallest absolute Gasteiger partial charge is 0.307 e. The van der Waals surface area contributed by atoms with Crippen molar-refractivity contribution < 1.29 is 14.3 Å². The Kier molecular flexibility index (Phi) is 2.30. The van der Waals surface area contributed by atoms with Crippen LogP contribution in [0.2, 0.25) is 0 Å². The van der Waals surface area contributed by atoms with Crippen molar-refractivity contribution in [3.8, 4) is 0 Å². The minimum Gasteiger partial charge on any atom is -0.481 e. The van der Waals surface area contributed by atoms with Crippen LogP contribution in [0.3, 0.4) is 0 Å². The highest BCUT2D eigenvalue weighted by atomic mass is 19.1. The molecule has 2 nitrogen and oxygen atoms in total. The molecule has 0 aromatic heterocycles. The van der Waals surface area contributed by atoms with Crippen molar-refractivity contribution in [2.45, 2.75) is 26.7 Å². The van der Waals surface area contributed by atoms with Gasteiger partial charge >= 0.3 is 5.97 Å². The first-order chi connectivity index (χ1) is 7.37. The van der Waals surface area contributed by atoms with Crippen LogP contribution in [0, 0.1) is 24.1 Å². The quantitative estimate of drug-likeness (QED) is 0.835. The number of carboxylic acid groups (broad SMARTS) is 1. The molecule has 1 saturated carbocycles. The van der Waals surface area contributed by atoms with Crippen LogP contribution in [0.1, 0.15) is 30.9 Å². The number of rotatable bonds is 2. The average molecular weight is 222 g/mol. The summed E-state index contributed by atoms with van der Waals surface area (Å²) in [6.45, 7) is 5.58. The summed E-state index contributed by atoms with van der Waals surface area (Å²) in [6.07, 6.45) is 0. The highest BCUT2D eigenvalue weighted by Crippen LogP contribution is 2.65. The third kappa shape index (κ3) is 1.42. The van der Waals surface area contributed by atoms with Gasteiger partial charge in [-0.3, -0.25) is 4.79 Å². The lowest BCUT2D eigenvalue weighted by Crippen LogP contribution is -2.03. The van der Waals surface area contributed by atoms with Crippen molar-refractivity contribution in [2.75, 3.05) is 0 Å². The monoisotopic (exact) mass is 222 g/mol. The Hall–Kier alpha value is -1.38. The molecule has 0 unspecified atom stereocenters. The Balaban J connectivity index is 2.45. The normalized spacial score (nSPS) is 26.5. The van der Waals surface area contributed by atoms with Crippen molar-refractivity contribution >= 4 is 5.97 Å². The van der Waals surface area contributed by atoms with E-state index in [4.69, 9.17) is 5.11 Å². The van der Waals surface area contributed by atoms with Crippen molar-refractivity contribution in [1.29, 1.82) is 0 Å². The van der Waals surface area contributed by atoms with Gasteiger partial charge in [0.2, 0.25) is 0 Å². The third-order valence-corrected chi connectivity index (χ3v) is 3.68. The zero-order valence-corrected chi connectivity index (χ0v) is 9.62. The second-order valence-electron chi connectivity index (χ2n) is 5.09. The third-order valence-electron chi connectivity index (χ3n) is 3.68. The summed E-state index contributed by atoms with van der Waals surface area (Å²) in [5.41, 5.74) is 1.06. The molecule has 1 N–H and O–H groups in total. The first kappa shape index (κ1) is 11.1. The number of aliphatic carboxylic acids is 1. The first-order valence-corrected chi connectivity index (χ1v) is 5.35. The van der Waals surface area contributed by atoms with E-state index in [9.17, 15) is 9.18 Å². The molecular weight excluding hydrogens is 207 g/mol. The Morgan fingerprint density at radius 1 is 1.44 bits per heavy atom. The maximum absolute atomic E-state index is 13.7. The minimum atomic E-state index is -0.836. The van der Waals surface area contributed by atoms with Crippen LogP contribution in [-0.2, 0) is 4.79 Å². The molecule has 1 aliphatic rings. The van der Waals surface area contributed by atoms with Gasteiger partial charge < -0.3 is 5.11 Å². The van der Waals surface area contributed by atoms with Gasteiger partial charge in [0, 0.05) is 5.92 Å². The lowest BCUT2D eigenvalue weighted by Gasteiger charge is -2.08. The van der Waals surface area contributed by atoms with Gasteiger partial charge in [-0.2, -0.15) is 0 Å². The predicted molar refractivity (Wildman–Crippen MR) is 58.8 cm³/mol. The van der Waals surface area contributed by atoms with Crippen molar-refractivity contribution in [2.24, 2.45) is 11.3 Å². The second-order valence-corrected chi connectivity index (χ2v) is 5.09. The van der Waals surface area contributed by atoms with Crippen LogP contribution in [0.5, 0.6) is 0 Å². The van der Waals surface area contributed by atoms with Crippen LogP contribution >= 0.6 is 0 Å². The molecule has 1 aromatic carbocycles. The molecule has 0 radical (unpaired) electrons. The number of carboxylic acids is 1. The minimum absolute atomic E-state index is 0.203. The molecule has 0 amide bonds. The van der Waals surface area contributed by atoms with Gasteiger partial charge in [0.05, 0.1) is 5.92 Å². The van der Waals surface area contributed by atoms with Gasteiger partial charge in [-0.15, -0.1) is 0 Å². The van der Waals surface area contributed by atoms with E-state index in [1.165, 1.54) is 6.07 Å². The standard InChI is InChI=1S/C13H15FO2/c1-7-5-4-6-8(14)9(7)10-11(12(15)16)13(10,2)3/h4-6,10-11H,1-3H3,(H,15,16)/t10-,11+/m1/s1. The van der Waals surface area contributed by atoms with Crippen LogP contribution < -0.4 is 0 Å². The van der Waals surface area contributed by atoms with Gasteiger partial charge in [-0.05, 0) is 29.5 Å². The number of hydrogen-bond acceptors (Lipinski definition) is 1. The molecule has 0 spiro atoms. The molecule has 1 aromatic rings. The van der Waals surface area contributed by atoms with E-state index in [-0.39, 0.29) is 17.2 Å². The van der Waals surface area contributed by atoms with E-state index in [1.807, 2.05) is 26.8 Å². The Morgan fingerprint density at radius 3 is 2.50 bits per heavy atom. The Bertz CT molecular complexity index is 431. The predicted octanol–water partition coefficient (Wildman–Crippen LogP) is 2.96. The van der Waals surface area contributed by atoms with E-state index in [0.717, 1.165) is 5.56 Å². The van der Waals surface area contributed by atoms with Crippen LogP contribution in [0.15, 0.2) is 18.2 Å². The lowest BCUT2D eigenvalue weighted by molar-refractivity contribution is -0.139. The lowest BCUT2D eigenvalue weighted by atomic mass is 9.98. The van der Waals surface area contributed by atoms with Gasteiger partial charge in [0.15, 0.2) is 0 Å². The van der Waals surface area contributed by atoms with Gasteiger partial charge in [-0.1, -0.05) is 26.0 Å². The van der Waals surface area contributed by atoms with Crippen LogP contribution in [-0.4, -0.2) is 11.1 Å². The van der Waals surface area contributed by atoms with Crippen molar-refractivity contribution in [3.63, 3.8) is 0 Å². The SMILES string of the molecule is Cc1cccc(F)c1[C@@H]1[C@@H](C(=O)O)C1(C)C. The molecule has 1 aliphatic carbocycles. The van der Waals surface area contributed by atoms with Gasteiger partial charge in [-0.25, -0.2) is 4.39 Å². The molecule has 0 bridgehead atoms. The topological polar surface area (TPSA) is 37.3 Å². The zero-order valence-electron chi connectivity index (χ0n) is 9.62. The molecule has 3 heteroatoms. The fraction of sp³-hybridized carbons (Fsp3) is 0.462. The number of hydrogen-bond donors (Lipinski definition) is 1. The molecule has 2 atom stereocenters. The second kappa shape index (κ2) is 3.30. The van der Waals surface area contributed by atoms with Gasteiger partial charge in [0.1, 0.15) is 5.82 Å². The number of carbonyl (C=O) groups is 1. The molecule has 16 heavy (non-hydrogen) atoms. The molecule has 0 aliphatic heterocycles. The molecular formula is C13H15FO2. The summed E-state index contributed by atoms with van der Waals surface area (Å²) in [5, 5.41) is 9.08. The fourth-order valence-electron chi connectivity index (χ4n) is 2.68. The van der Waals surface area contributed by atoms with E-state index >= 15 is 0 Å². The van der Waals surface area contributed by atoms with E-state index in [0.29, 0.717) is 5.56 Å². The molecule has 0 saturated heterocycles. The maximum atomic E-state index is 13.7. The van der Waals surface area contributed by atoms with E-state index < -0.39 is 11.9 Å². The van der Waals surface area contributed by atoms with Crippen molar-refractivity contribution in [3.05, 3.63) is 35.1 Å². The van der Waals surface area contributed by atoms with Gasteiger partial charge in [0.25, 0.3) is 0 Å². The summed E-state index contributed by atoms with van der Waals surface area (Å²) in [5.74, 6) is -1.80. The summed E-state index contributed by atoms with van der Waals surface area (Å²) in [6, 6.07) is 4.88. The highest BCUT2D eigenvalue weighted by Gasteiger charge is 2.63. The number of benzene rings is 1. The van der Waals surface area contributed by atoms with E-state index in [2.05, 4.69) is 0 Å². The summed E-state index contributed by atoms with van der Waals surface area (Å²) in [4.78, 5) is 11.1. The highest BCUT2D eigenvalue weighted by molar-refractivity contribution is 5.77. The zero-order chi connectivity index (χ0) is 12.1. The van der Waals surface area contributed by atoms with Crippen LogP contribution in [0.4, 0.5) is 4.39 Å².